The summed E-state index contributed by atoms with van der Waals surface area (Å²) in [7, 11) is -0.743. The number of rotatable bonds is 7. The number of aryl methyl sites for hydroxylation is 1. The van der Waals surface area contributed by atoms with E-state index >= 15 is 0 Å². The summed E-state index contributed by atoms with van der Waals surface area (Å²) in [6.07, 6.45) is 1.08. The molecule has 0 aliphatic heterocycles. The van der Waals surface area contributed by atoms with E-state index in [1.807, 2.05) is 6.92 Å². The summed E-state index contributed by atoms with van der Waals surface area (Å²) in [4.78, 5) is 13.0. The maximum atomic E-state index is 13.0. The third-order valence-corrected chi connectivity index (χ3v) is 5.80. The lowest BCUT2D eigenvalue weighted by Crippen LogP contribution is -2.31. The van der Waals surface area contributed by atoms with Gasteiger partial charge in [-0.3, -0.25) is 9.10 Å². The number of amides is 1. The summed E-state index contributed by atoms with van der Waals surface area (Å²) in [5.74, 6) is 0.121. The maximum Gasteiger partial charge on any atom is 0.257 e. The Kier molecular flexibility index (Phi) is 6.79. The van der Waals surface area contributed by atoms with Crippen molar-refractivity contribution in [1.82, 2.24) is 0 Å². The first kappa shape index (κ1) is 21.8. The number of ether oxygens (including phenoxy) is 2. The highest BCUT2D eigenvalue weighted by Gasteiger charge is 2.25. The molecule has 0 aliphatic rings. The van der Waals surface area contributed by atoms with Gasteiger partial charge >= 0.3 is 0 Å². The van der Waals surface area contributed by atoms with Crippen LogP contribution in [-0.4, -0.2) is 41.3 Å². The van der Waals surface area contributed by atoms with E-state index in [-0.39, 0.29) is 17.8 Å². The molecule has 0 aliphatic carbocycles. The second-order valence-corrected chi connectivity index (χ2v) is 8.38. The number of hydrogen-bond acceptors (Lipinski definition) is 5. The van der Waals surface area contributed by atoms with Crippen molar-refractivity contribution < 1.29 is 22.7 Å². The minimum atomic E-state index is -3.62. The number of benzene rings is 2. The van der Waals surface area contributed by atoms with Crippen LogP contribution in [0.15, 0.2) is 30.3 Å². The first-order valence-electron chi connectivity index (χ1n) is 8.43. The molecule has 0 fully saturated rings. The van der Waals surface area contributed by atoms with Crippen molar-refractivity contribution in [2.45, 2.75) is 13.8 Å². The van der Waals surface area contributed by atoms with E-state index in [1.54, 1.807) is 25.1 Å². The quantitative estimate of drug-likeness (QED) is 0.729. The zero-order chi connectivity index (χ0) is 21.1. The fraction of sp³-hybridized carbons (Fsp3) is 0.316. The van der Waals surface area contributed by atoms with Gasteiger partial charge in [-0.2, -0.15) is 0 Å². The molecular formula is C19H23ClN2O5S. The van der Waals surface area contributed by atoms with Crippen molar-refractivity contribution in [1.29, 1.82) is 0 Å². The summed E-state index contributed by atoms with van der Waals surface area (Å²) < 4.78 is 36.1. The Labute approximate surface area is 170 Å². The van der Waals surface area contributed by atoms with Gasteiger partial charge < -0.3 is 14.8 Å². The van der Waals surface area contributed by atoms with Crippen LogP contribution < -0.4 is 19.1 Å². The van der Waals surface area contributed by atoms with Crippen molar-refractivity contribution >= 4 is 38.9 Å². The number of methoxy groups -OCH3 is 2. The van der Waals surface area contributed by atoms with E-state index in [0.29, 0.717) is 22.2 Å². The minimum Gasteiger partial charge on any atom is -0.493 e. The van der Waals surface area contributed by atoms with Crippen molar-refractivity contribution in [2.75, 3.05) is 36.6 Å². The Hall–Kier alpha value is -2.45. The second kappa shape index (κ2) is 8.70. The van der Waals surface area contributed by atoms with E-state index in [1.165, 1.54) is 26.4 Å². The Bertz CT molecular complexity index is 992. The molecule has 1 N–H and O–H groups in total. The fourth-order valence-electron chi connectivity index (χ4n) is 2.71. The lowest BCUT2D eigenvalue weighted by Gasteiger charge is -2.24. The van der Waals surface area contributed by atoms with Crippen LogP contribution in [0.1, 0.15) is 22.8 Å². The molecule has 152 valence electrons. The highest BCUT2D eigenvalue weighted by atomic mass is 35.5. The van der Waals surface area contributed by atoms with Crippen LogP contribution in [0.25, 0.3) is 0 Å². The van der Waals surface area contributed by atoms with Crippen molar-refractivity contribution in [3.05, 3.63) is 46.5 Å². The van der Waals surface area contributed by atoms with Gasteiger partial charge in [0, 0.05) is 23.3 Å². The Morgan fingerprint density at radius 3 is 2.25 bits per heavy atom. The average molecular weight is 427 g/mol. The second-order valence-electron chi connectivity index (χ2n) is 6.07. The number of nitrogens with one attached hydrogen (secondary N) is 1. The molecule has 2 rings (SSSR count). The van der Waals surface area contributed by atoms with Crippen molar-refractivity contribution in [3.63, 3.8) is 0 Å². The third-order valence-electron chi connectivity index (χ3n) is 4.13. The standard InChI is InChI=1S/C19H23ClN2O5S/c1-6-22(28(5,24)25)16-11-18(27-4)17(26-3)10-14(16)19(23)21-13-8-7-12(2)15(20)9-13/h7-11H,6H2,1-5H3,(H,21,23). The first-order valence-corrected chi connectivity index (χ1v) is 10.7. The van der Waals surface area contributed by atoms with Crippen LogP contribution in [0.5, 0.6) is 11.5 Å². The van der Waals surface area contributed by atoms with Crippen LogP contribution in [0.3, 0.4) is 0 Å². The number of sulfonamides is 1. The van der Waals surface area contributed by atoms with E-state index < -0.39 is 15.9 Å². The molecule has 0 atom stereocenters. The molecule has 9 heteroatoms. The predicted octanol–water partition coefficient (Wildman–Crippen LogP) is 3.70. The van der Waals surface area contributed by atoms with Gasteiger partial charge in [-0.05, 0) is 37.6 Å². The van der Waals surface area contributed by atoms with E-state index in [2.05, 4.69) is 5.32 Å². The normalized spacial score (nSPS) is 11.1. The highest BCUT2D eigenvalue weighted by molar-refractivity contribution is 7.92. The van der Waals surface area contributed by atoms with Gasteiger partial charge in [-0.25, -0.2) is 8.42 Å². The molecule has 1 amide bonds. The van der Waals surface area contributed by atoms with Gasteiger partial charge in [0.25, 0.3) is 5.91 Å². The first-order chi connectivity index (χ1) is 13.1. The molecule has 0 radical (unpaired) electrons. The minimum absolute atomic E-state index is 0.127. The van der Waals surface area contributed by atoms with E-state index in [9.17, 15) is 13.2 Å². The number of hydrogen-bond donors (Lipinski definition) is 1. The number of nitrogens with zero attached hydrogens (tertiary/aromatic N) is 1. The number of anilines is 2. The largest absolute Gasteiger partial charge is 0.493 e. The van der Waals surface area contributed by atoms with Crippen LogP contribution in [0.4, 0.5) is 11.4 Å². The zero-order valence-corrected chi connectivity index (χ0v) is 17.9. The molecule has 2 aromatic carbocycles. The molecule has 0 heterocycles. The molecule has 0 saturated heterocycles. The Balaban J connectivity index is 2.59. The van der Waals surface area contributed by atoms with E-state index in [0.717, 1.165) is 16.1 Å². The smallest absolute Gasteiger partial charge is 0.257 e. The molecule has 0 saturated carbocycles. The fourth-order valence-corrected chi connectivity index (χ4v) is 3.87. The van der Waals surface area contributed by atoms with Crippen LogP contribution in [0.2, 0.25) is 5.02 Å². The topological polar surface area (TPSA) is 84.9 Å². The van der Waals surface area contributed by atoms with Gasteiger partial charge in [0.05, 0.1) is 31.7 Å². The summed E-state index contributed by atoms with van der Waals surface area (Å²) >= 11 is 6.12. The Morgan fingerprint density at radius 2 is 1.75 bits per heavy atom. The van der Waals surface area contributed by atoms with Crippen LogP contribution in [0, 0.1) is 6.92 Å². The summed E-state index contributed by atoms with van der Waals surface area (Å²) in [6, 6.07) is 8.05. The zero-order valence-electron chi connectivity index (χ0n) is 16.4. The van der Waals surface area contributed by atoms with Gasteiger partial charge in [0.1, 0.15) is 0 Å². The molecule has 0 unspecified atom stereocenters. The van der Waals surface area contributed by atoms with Gasteiger partial charge in [-0.15, -0.1) is 0 Å². The van der Waals surface area contributed by atoms with Crippen molar-refractivity contribution in [3.8, 4) is 11.5 Å². The predicted molar refractivity (Wildman–Crippen MR) is 112 cm³/mol. The number of carbonyl (C=O) groups is 1. The molecule has 7 nitrogen and oxygen atoms in total. The molecule has 0 bridgehead atoms. The van der Waals surface area contributed by atoms with Crippen LogP contribution >= 0.6 is 11.6 Å². The summed E-state index contributed by atoms with van der Waals surface area (Å²) in [5, 5.41) is 3.26. The number of halogens is 1. The molecule has 2 aromatic rings. The molecule has 28 heavy (non-hydrogen) atoms. The highest BCUT2D eigenvalue weighted by Crippen LogP contribution is 2.36. The molecule has 0 spiro atoms. The Morgan fingerprint density at radius 1 is 1.14 bits per heavy atom. The monoisotopic (exact) mass is 426 g/mol. The summed E-state index contributed by atoms with van der Waals surface area (Å²) in [5.41, 5.74) is 1.68. The van der Waals surface area contributed by atoms with Gasteiger partial charge in [0.15, 0.2) is 11.5 Å². The maximum absolute atomic E-state index is 13.0. The SMILES string of the molecule is CCN(c1cc(OC)c(OC)cc1C(=O)Nc1ccc(C)c(Cl)c1)S(C)(=O)=O. The van der Waals surface area contributed by atoms with E-state index in [4.69, 9.17) is 21.1 Å². The lowest BCUT2D eigenvalue weighted by molar-refractivity contribution is 0.102. The lowest BCUT2D eigenvalue weighted by atomic mass is 10.1. The molecular weight excluding hydrogens is 404 g/mol. The van der Waals surface area contributed by atoms with Gasteiger partial charge in [0.2, 0.25) is 10.0 Å². The summed E-state index contributed by atoms with van der Waals surface area (Å²) in [6.45, 7) is 3.68. The van der Waals surface area contributed by atoms with Crippen molar-refractivity contribution in [2.24, 2.45) is 0 Å². The average Bonchev–Trinajstić information content (AvgIpc) is 2.63. The van der Waals surface area contributed by atoms with Crippen LogP contribution in [-0.2, 0) is 10.0 Å². The third kappa shape index (κ3) is 4.69. The molecule has 0 aromatic heterocycles. The number of carbonyl (C=O) groups excluding carboxylic acids is 1. The van der Waals surface area contributed by atoms with Gasteiger partial charge in [-0.1, -0.05) is 17.7 Å².